The van der Waals surface area contributed by atoms with Crippen LogP contribution in [0.2, 0.25) is 0 Å². The van der Waals surface area contributed by atoms with Crippen molar-refractivity contribution in [3.05, 3.63) is 70.4 Å². The number of para-hydroxylation sites is 1. The molecule has 0 aliphatic heterocycles. The van der Waals surface area contributed by atoms with Crippen LogP contribution in [0.25, 0.3) is 16.0 Å². The van der Waals surface area contributed by atoms with Gasteiger partial charge in [-0.15, -0.1) is 32.9 Å². The summed E-state index contributed by atoms with van der Waals surface area (Å²) < 4.78 is 27.8. The summed E-state index contributed by atoms with van der Waals surface area (Å²) in [5.41, 5.74) is 0.411. The number of hydrogen-bond acceptors (Lipinski definition) is 9. The average Bonchev–Trinajstić information content (AvgIpc) is 3.55. The molecule has 32 heavy (non-hydrogen) atoms. The molecule has 0 saturated heterocycles. The number of rotatable bonds is 7. The second-order valence-electron chi connectivity index (χ2n) is 6.14. The number of thiophene rings is 2. The third kappa shape index (κ3) is 4.92. The van der Waals surface area contributed by atoms with Crippen LogP contribution < -0.4 is 10.0 Å². The van der Waals surface area contributed by atoms with Gasteiger partial charge in [0.05, 0.1) is 10.6 Å². The monoisotopic (exact) mass is 499 g/mol. The summed E-state index contributed by atoms with van der Waals surface area (Å²) in [6, 6.07) is 15.3. The van der Waals surface area contributed by atoms with Crippen LogP contribution in [0.1, 0.15) is 5.56 Å². The molecule has 8 nitrogen and oxygen atoms in total. The van der Waals surface area contributed by atoms with E-state index >= 15 is 0 Å². The highest BCUT2D eigenvalue weighted by Gasteiger charge is 2.18. The predicted molar refractivity (Wildman–Crippen MR) is 127 cm³/mol. The minimum absolute atomic E-state index is 0.160. The Morgan fingerprint density at radius 2 is 1.81 bits per heavy atom. The van der Waals surface area contributed by atoms with E-state index in [4.69, 9.17) is 0 Å². The van der Waals surface area contributed by atoms with Gasteiger partial charge in [-0.05, 0) is 35.0 Å². The highest BCUT2D eigenvalue weighted by molar-refractivity contribution is 7.94. The normalized spacial score (nSPS) is 11.7. The van der Waals surface area contributed by atoms with Gasteiger partial charge < -0.3 is 0 Å². The molecule has 0 atom stereocenters. The summed E-state index contributed by atoms with van der Waals surface area (Å²) in [5, 5.41) is 24.6. The number of nitrogens with one attached hydrogen (secondary N) is 2. The fraction of sp³-hybridized carbons (Fsp3) is 0. The van der Waals surface area contributed by atoms with E-state index in [2.05, 4.69) is 20.2 Å². The molecule has 160 valence electrons. The molecular weight excluding hydrogens is 487 g/mol. The van der Waals surface area contributed by atoms with Crippen LogP contribution in [0.3, 0.4) is 0 Å². The van der Waals surface area contributed by atoms with Gasteiger partial charge in [0.1, 0.15) is 15.9 Å². The molecule has 4 aromatic rings. The lowest BCUT2D eigenvalue weighted by Gasteiger charge is -2.10. The highest BCUT2D eigenvalue weighted by atomic mass is 32.2. The first-order valence-corrected chi connectivity index (χ1v) is 13.0. The zero-order chi connectivity index (χ0) is 22.6. The van der Waals surface area contributed by atoms with Crippen LogP contribution in [0.15, 0.2) is 69.1 Å². The van der Waals surface area contributed by atoms with Crippen LogP contribution in [-0.2, 0) is 14.8 Å². The second-order valence-corrected chi connectivity index (χ2v) is 10.9. The molecular formula is C20H13N5O3S4. The number of hydrogen-bond donors (Lipinski definition) is 2. The fourth-order valence-electron chi connectivity index (χ4n) is 2.57. The minimum Gasteiger partial charge on any atom is -0.296 e. The Kier molecular flexibility index (Phi) is 6.42. The van der Waals surface area contributed by atoms with Gasteiger partial charge in [-0.1, -0.05) is 41.7 Å². The Labute approximate surface area is 195 Å². The number of benzene rings is 1. The van der Waals surface area contributed by atoms with E-state index in [0.29, 0.717) is 10.6 Å². The minimum atomic E-state index is -3.78. The molecule has 0 radical (unpaired) electrons. The van der Waals surface area contributed by atoms with Crippen molar-refractivity contribution >= 4 is 66.8 Å². The van der Waals surface area contributed by atoms with Gasteiger partial charge in [-0.2, -0.15) is 5.26 Å². The lowest BCUT2D eigenvalue weighted by atomic mass is 10.1. The maximum Gasteiger partial charge on any atom is 0.271 e. The number of nitrogens with zero attached hydrogens (tertiary/aromatic N) is 3. The molecule has 0 unspecified atom stereocenters. The van der Waals surface area contributed by atoms with E-state index in [1.54, 1.807) is 35.7 Å². The van der Waals surface area contributed by atoms with Gasteiger partial charge in [0, 0.05) is 5.56 Å². The van der Waals surface area contributed by atoms with E-state index in [0.717, 1.165) is 16.2 Å². The molecule has 0 aliphatic rings. The Morgan fingerprint density at radius 1 is 1.03 bits per heavy atom. The molecule has 0 spiro atoms. The maximum absolute atomic E-state index is 12.6. The van der Waals surface area contributed by atoms with Gasteiger partial charge >= 0.3 is 0 Å². The lowest BCUT2D eigenvalue weighted by molar-refractivity contribution is -0.112. The second kappa shape index (κ2) is 9.41. The smallest absolute Gasteiger partial charge is 0.271 e. The third-order valence-corrected chi connectivity index (χ3v) is 8.65. The third-order valence-electron chi connectivity index (χ3n) is 4.01. The first kappa shape index (κ1) is 21.8. The van der Waals surface area contributed by atoms with Crippen molar-refractivity contribution < 1.29 is 13.2 Å². The fourth-order valence-corrected chi connectivity index (χ4v) is 6.18. The van der Waals surface area contributed by atoms with Crippen molar-refractivity contribution in [3.8, 4) is 16.0 Å². The van der Waals surface area contributed by atoms with Crippen LogP contribution in [0.5, 0.6) is 0 Å². The van der Waals surface area contributed by atoms with Crippen molar-refractivity contribution in [3.63, 3.8) is 0 Å². The van der Waals surface area contributed by atoms with E-state index in [1.807, 2.05) is 23.6 Å². The Bertz CT molecular complexity index is 1420. The first-order chi connectivity index (χ1) is 15.5. The van der Waals surface area contributed by atoms with Crippen molar-refractivity contribution in [2.45, 2.75) is 4.21 Å². The number of nitriles is 1. The average molecular weight is 500 g/mol. The summed E-state index contributed by atoms with van der Waals surface area (Å²) in [4.78, 5) is 13.6. The van der Waals surface area contributed by atoms with Gasteiger partial charge in [-0.3, -0.25) is 14.8 Å². The molecule has 0 saturated carbocycles. The number of sulfonamides is 1. The molecule has 3 aromatic heterocycles. The van der Waals surface area contributed by atoms with Crippen LogP contribution >= 0.6 is 34.0 Å². The van der Waals surface area contributed by atoms with Gasteiger partial charge in [0.15, 0.2) is 5.01 Å². The molecule has 3 heterocycles. The quantitative estimate of drug-likeness (QED) is 0.281. The van der Waals surface area contributed by atoms with Crippen LogP contribution in [-0.4, -0.2) is 24.5 Å². The SMILES string of the molecule is N#C/C(=C\c1ccccc1NS(=O)(=O)c1cccs1)C(=O)Nc1nnc(-c2cccs2)s1. The summed E-state index contributed by atoms with van der Waals surface area (Å²) in [6.45, 7) is 0. The molecule has 1 amide bonds. The summed E-state index contributed by atoms with van der Waals surface area (Å²) in [6.07, 6.45) is 1.32. The number of carbonyl (C=O) groups is 1. The first-order valence-electron chi connectivity index (χ1n) is 8.92. The standard InChI is InChI=1S/C20H13N5O3S4/c21-12-14(18(26)22-20-24-23-19(31-20)16-7-3-9-29-16)11-13-5-1-2-6-15(13)25-32(27,28)17-8-4-10-30-17/h1-11,25H,(H,22,24,26)/b14-11+. The molecule has 1 aromatic carbocycles. The van der Waals surface area contributed by atoms with E-state index < -0.39 is 15.9 Å². The zero-order valence-electron chi connectivity index (χ0n) is 16.1. The Hall–Kier alpha value is -3.37. The van der Waals surface area contributed by atoms with Gasteiger partial charge in [-0.25, -0.2) is 8.42 Å². The predicted octanol–water partition coefficient (Wildman–Crippen LogP) is 4.67. The number of amides is 1. The number of carbonyl (C=O) groups excluding carboxylic acids is 1. The van der Waals surface area contributed by atoms with Crippen molar-refractivity contribution in [1.82, 2.24) is 10.2 Å². The van der Waals surface area contributed by atoms with Gasteiger partial charge in [0.25, 0.3) is 15.9 Å². The maximum atomic E-state index is 12.6. The molecule has 0 aliphatic carbocycles. The molecule has 4 rings (SSSR count). The summed E-state index contributed by atoms with van der Waals surface area (Å²) in [5.74, 6) is -0.669. The van der Waals surface area contributed by atoms with Gasteiger partial charge in [0.2, 0.25) is 5.13 Å². The van der Waals surface area contributed by atoms with E-state index in [-0.39, 0.29) is 20.6 Å². The van der Waals surface area contributed by atoms with Crippen LogP contribution in [0, 0.1) is 11.3 Å². The molecule has 12 heteroatoms. The molecule has 0 fully saturated rings. The highest BCUT2D eigenvalue weighted by Crippen LogP contribution is 2.30. The zero-order valence-corrected chi connectivity index (χ0v) is 19.3. The topological polar surface area (TPSA) is 125 Å². The molecule has 0 bridgehead atoms. The van der Waals surface area contributed by atoms with Crippen LogP contribution in [0.4, 0.5) is 10.8 Å². The summed E-state index contributed by atoms with van der Waals surface area (Å²) in [7, 11) is -3.78. The van der Waals surface area contributed by atoms with Crippen molar-refractivity contribution in [1.29, 1.82) is 5.26 Å². The number of aromatic nitrogens is 2. The van der Waals surface area contributed by atoms with Crippen molar-refractivity contribution in [2.24, 2.45) is 0 Å². The van der Waals surface area contributed by atoms with Crippen molar-refractivity contribution in [2.75, 3.05) is 10.0 Å². The Balaban J connectivity index is 1.56. The van der Waals surface area contributed by atoms with E-state index in [1.165, 1.54) is 34.8 Å². The Morgan fingerprint density at radius 3 is 2.53 bits per heavy atom. The number of anilines is 2. The lowest BCUT2D eigenvalue weighted by Crippen LogP contribution is -2.14. The molecule has 2 N–H and O–H groups in total. The van der Waals surface area contributed by atoms with E-state index in [9.17, 15) is 18.5 Å². The summed E-state index contributed by atoms with van der Waals surface area (Å²) >= 11 is 3.78. The largest absolute Gasteiger partial charge is 0.296 e.